The molecule has 0 spiro atoms. The molecule has 2 aromatic heterocycles. The van der Waals surface area contributed by atoms with E-state index in [4.69, 9.17) is 10.5 Å². The average molecular weight is 291 g/mol. The second kappa shape index (κ2) is 5.76. The van der Waals surface area contributed by atoms with Crippen LogP contribution in [0.2, 0.25) is 0 Å². The largest absolute Gasteiger partial charge is 0.397 e. The number of rotatable bonds is 6. The summed E-state index contributed by atoms with van der Waals surface area (Å²) in [5.74, 6) is 0.607. The highest BCUT2D eigenvalue weighted by Crippen LogP contribution is 2.32. The molecule has 0 aliphatic heterocycles. The van der Waals surface area contributed by atoms with Gasteiger partial charge >= 0.3 is 0 Å². The molecular formula is C14H17N3O2S. The number of anilines is 1. The molecule has 0 unspecified atom stereocenters. The van der Waals surface area contributed by atoms with Gasteiger partial charge in [0.25, 0.3) is 5.91 Å². The lowest BCUT2D eigenvalue weighted by atomic mass is 10.2. The van der Waals surface area contributed by atoms with E-state index in [2.05, 4.69) is 10.3 Å². The summed E-state index contributed by atoms with van der Waals surface area (Å²) in [5, 5.41) is 3.73. The summed E-state index contributed by atoms with van der Waals surface area (Å²) in [4.78, 5) is 16.7. The van der Waals surface area contributed by atoms with Gasteiger partial charge in [0.05, 0.1) is 17.0 Å². The molecule has 0 aromatic carbocycles. The van der Waals surface area contributed by atoms with Crippen LogP contribution in [0.3, 0.4) is 0 Å². The maximum Gasteiger partial charge on any atom is 0.263 e. The Balaban J connectivity index is 1.56. The zero-order valence-electron chi connectivity index (χ0n) is 11.1. The molecule has 20 heavy (non-hydrogen) atoms. The maximum absolute atomic E-state index is 12.1. The van der Waals surface area contributed by atoms with Crippen molar-refractivity contribution >= 4 is 33.0 Å². The first-order valence-corrected chi connectivity index (χ1v) is 7.55. The molecule has 2 aromatic rings. The molecule has 1 aliphatic rings. The topological polar surface area (TPSA) is 77.2 Å². The summed E-state index contributed by atoms with van der Waals surface area (Å²) < 4.78 is 6.41. The zero-order chi connectivity index (χ0) is 13.9. The lowest BCUT2D eigenvalue weighted by molar-refractivity contribution is 0.0911. The molecule has 1 saturated carbocycles. The molecule has 2 heterocycles. The molecule has 1 amide bonds. The van der Waals surface area contributed by atoms with Crippen molar-refractivity contribution in [3.8, 4) is 0 Å². The van der Waals surface area contributed by atoms with Crippen molar-refractivity contribution in [1.82, 2.24) is 10.3 Å². The van der Waals surface area contributed by atoms with Gasteiger partial charge in [0.15, 0.2) is 0 Å². The van der Waals surface area contributed by atoms with Crippen molar-refractivity contribution < 1.29 is 9.53 Å². The number of hydrogen-bond acceptors (Lipinski definition) is 5. The van der Waals surface area contributed by atoms with Gasteiger partial charge in [-0.2, -0.15) is 0 Å². The Morgan fingerprint density at radius 2 is 2.40 bits per heavy atom. The monoisotopic (exact) mass is 291 g/mol. The third kappa shape index (κ3) is 2.91. The number of aromatic nitrogens is 1. The summed E-state index contributed by atoms with van der Waals surface area (Å²) in [5.41, 5.74) is 6.54. The second-order valence-electron chi connectivity index (χ2n) is 4.99. The minimum atomic E-state index is -0.140. The van der Waals surface area contributed by atoms with Gasteiger partial charge in [-0.25, -0.2) is 0 Å². The lowest BCUT2D eigenvalue weighted by Crippen LogP contribution is -2.27. The molecule has 5 nitrogen and oxygen atoms in total. The SMILES string of the molecule is Nc1c(C(=O)NCCOCC2CC2)sc2cnccc12. The van der Waals surface area contributed by atoms with E-state index in [1.165, 1.54) is 24.2 Å². The molecule has 3 N–H and O–H groups in total. The van der Waals surface area contributed by atoms with E-state index in [1.807, 2.05) is 6.07 Å². The molecule has 0 bridgehead atoms. The highest BCUT2D eigenvalue weighted by molar-refractivity contribution is 7.21. The molecule has 6 heteroatoms. The highest BCUT2D eigenvalue weighted by Gasteiger charge is 2.21. The van der Waals surface area contributed by atoms with Gasteiger partial charge in [0, 0.05) is 30.9 Å². The predicted octanol–water partition coefficient (Wildman–Crippen LogP) is 2.03. The predicted molar refractivity (Wildman–Crippen MR) is 79.9 cm³/mol. The summed E-state index contributed by atoms with van der Waals surface area (Å²) in [6.45, 7) is 1.87. The number of nitrogen functional groups attached to an aromatic ring is 1. The Kier molecular flexibility index (Phi) is 3.84. The van der Waals surface area contributed by atoms with Crippen molar-refractivity contribution in [3.05, 3.63) is 23.3 Å². The normalized spacial score (nSPS) is 14.6. The van der Waals surface area contributed by atoms with Crippen molar-refractivity contribution in [2.75, 3.05) is 25.5 Å². The fourth-order valence-corrected chi connectivity index (χ4v) is 3.00. The number of fused-ring (bicyclic) bond motifs is 1. The number of carbonyl (C=O) groups excluding carboxylic acids is 1. The van der Waals surface area contributed by atoms with E-state index < -0.39 is 0 Å². The quantitative estimate of drug-likeness (QED) is 0.798. The van der Waals surface area contributed by atoms with Crippen molar-refractivity contribution in [3.63, 3.8) is 0 Å². The van der Waals surface area contributed by atoms with E-state index >= 15 is 0 Å². The number of hydrogen-bond donors (Lipinski definition) is 2. The molecule has 1 aliphatic carbocycles. The Hall–Kier alpha value is -1.66. The summed E-state index contributed by atoms with van der Waals surface area (Å²) in [6, 6.07) is 1.83. The summed E-state index contributed by atoms with van der Waals surface area (Å²) >= 11 is 1.37. The van der Waals surface area contributed by atoms with Gasteiger partial charge in [-0.1, -0.05) is 0 Å². The van der Waals surface area contributed by atoms with Crippen LogP contribution >= 0.6 is 11.3 Å². The molecule has 1 fully saturated rings. The van der Waals surface area contributed by atoms with Crippen molar-refractivity contribution in [2.24, 2.45) is 5.92 Å². The Morgan fingerprint density at radius 1 is 1.55 bits per heavy atom. The number of ether oxygens (including phenoxy) is 1. The van der Waals surface area contributed by atoms with E-state index in [0.717, 1.165) is 22.6 Å². The number of pyridine rings is 1. The van der Waals surface area contributed by atoms with Crippen LogP contribution in [0.5, 0.6) is 0 Å². The smallest absolute Gasteiger partial charge is 0.263 e. The minimum absolute atomic E-state index is 0.140. The number of carbonyl (C=O) groups is 1. The molecule has 106 valence electrons. The number of nitrogens with zero attached hydrogens (tertiary/aromatic N) is 1. The zero-order valence-corrected chi connectivity index (χ0v) is 11.9. The van der Waals surface area contributed by atoms with Crippen LogP contribution < -0.4 is 11.1 Å². The third-order valence-electron chi connectivity index (χ3n) is 3.32. The van der Waals surface area contributed by atoms with Crippen LogP contribution in [0, 0.1) is 5.92 Å². The van der Waals surface area contributed by atoms with E-state index in [0.29, 0.717) is 23.7 Å². The van der Waals surface area contributed by atoms with Gasteiger partial charge < -0.3 is 15.8 Å². The average Bonchev–Trinajstić information content (AvgIpc) is 3.22. The second-order valence-corrected chi connectivity index (χ2v) is 6.04. The van der Waals surface area contributed by atoms with E-state index in [9.17, 15) is 4.79 Å². The highest BCUT2D eigenvalue weighted by atomic mass is 32.1. The first-order chi connectivity index (χ1) is 9.75. The van der Waals surface area contributed by atoms with E-state index in [-0.39, 0.29) is 5.91 Å². The Morgan fingerprint density at radius 3 is 3.15 bits per heavy atom. The lowest BCUT2D eigenvalue weighted by Gasteiger charge is -2.05. The van der Waals surface area contributed by atoms with Crippen LogP contribution in [0.15, 0.2) is 18.5 Å². The first kappa shape index (κ1) is 13.3. The van der Waals surface area contributed by atoms with Gasteiger partial charge in [0.2, 0.25) is 0 Å². The van der Waals surface area contributed by atoms with Crippen LogP contribution in [-0.2, 0) is 4.74 Å². The number of nitrogens with one attached hydrogen (secondary N) is 1. The van der Waals surface area contributed by atoms with Gasteiger partial charge in [0.1, 0.15) is 4.88 Å². The van der Waals surface area contributed by atoms with E-state index in [1.54, 1.807) is 12.4 Å². The molecule has 0 saturated heterocycles. The van der Waals surface area contributed by atoms with Crippen LogP contribution in [0.4, 0.5) is 5.69 Å². The maximum atomic E-state index is 12.1. The summed E-state index contributed by atoms with van der Waals surface area (Å²) in [7, 11) is 0. The first-order valence-electron chi connectivity index (χ1n) is 6.73. The standard InChI is InChI=1S/C14H17N3O2S/c15-12-10-3-4-16-7-11(10)20-13(12)14(18)17-5-6-19-8-9-1-2-9/h3-4,7,9H,1-2,5-6,8,15H2,(H,17,18). The van der Waals surface area contributed by atoms with Crippen LogP contribution in [-0.4, -0.2) is 30.6 Å². The summed E-state index contributed by atoms with van der Waals surface area (Å²) in [6.07, 6.45) is 5.96. The third-order valence-corrected chi connectivity index (χ3v) is 4.47. The Labute approximate surface area is 121 Å². The fraction of sp³-hybridized carbons (Fsp3) is 0.429. The molecule has 0 atom stereocenters. The minimum Gasteiger partial charge on any atom is -0.397 e. The Bertz CT molecular complexity index is 622. The van der Waals surface area contributed by atoms with Crippen molar-refractivity contribution in [1.29, 1.82) is 0 Å². The number of thiophene rings is 1. The van der Waals surface area contributed by atoms with Crippen LogP contribution in [0.1, 0.15) is 22.5 Å². The van der Waals surface area contributed by atoms with Crippen LogP contribution in [0.25, 0.3) is 10.1 Å². The fourth-order valence-electron chi connectivity index (χ4n) is 1.99. The van der Waals surface area contributed by atoms with Gasteiger partial charge in [-0.05, 0) is 24.8 Å². The van der Waals surface area contributed by atoms with Crippen molar-refractivity contribution in [2.45, 2.75) is 12.8 Å². The van der Waals surface area contributed by atoms with Gasteiger partial charge in [-0.3, -0.25) is 9.78 Å². The van der Waals surface area contributed by atoms with Gasteiger partial charge in [-0.15, -0.1) is 11.3 Å². The number of nitrogens with two attached hydrogens (primary N) is 1. The molecular weight excluding hydrogens is 274 g/mol. The molecule has 3 rings (SSSR count). The molecule has 0 radical (unpaired) electrons. The number of amides is 1.